The Kier molecular flexibility index (Phi) is 4.96. The maximum atomic E-state index is 13.6. The van der Waals surface area contributed by atoms with Crippen molar-refractivity contribution in [2.75, 3.05) is 26.4 Å². The van der Waals surface area contributed by atoms with Gasteiger partial charge >= 0.3 is 0 Å². The van der Waals surface area contributed by atoms with Crippen LogP contribution in [-0.4, -0.2) is 37.4 Å². The van der Waals surface area contributed by atoms with Crippen LogP contribution in [0.3, 0.4) is 0 Å². The highest BCUT2D eigenvalue weighted by Gasteiger charge is 2.32. The molecule has 1 amide bonds. The molecule has 20 heavy (non-hydrogen) atoms. The summed E-state index contributed by atoms with van der Waals surface area (Å²) in [7, 11) is 0. The van der Waals surface area contributed by atoms with Crippen molar-refractivity contribution < 1.29 is 19.0 Å². The first-order valence-electron chi connectivity index (χ1n) is 6.49. The van der Waals surface area contributed by atoms with Gasteiger partial charge in [0.1, 0.15) is 5.82 Å². The Balaban J connectivity index is 2.04. The summed E-state index contributed by atoms with van der Waals surface area (Å²) in [4.78, 5) is 12.0. The topological polar surface area (TPSA) is 58.6 Å². The summed E-state index contributed by atoms with van der Waals surface area (Å²) in [6, 6.07) is 4.11. The molecule has 0 spiro atoms. The van der Waals surface area contributed by atoms with Crippen LogP contribution >= 0.6 is 11.6 Å². The Morgan fingerprint density at radius 1 is 1.45 bits per heavy atom. The van der Waals surface area contributed by atoms with E-state index in [2.05, 4.69) is 5.32 Å². The van der Waals surface area contributed by atoms with E-state index < -0.39 is 17.1 Å². The van der Waals surface area contributed by atoms with E-state index in [1.54, 1.807) is 0 Å². The number of rotatable bonds is 4. The molecule has 1 saturated heterocycles. The van der Waals surface area contributed by atoms with Crippen LogP contribution < -0.4 is 5.32 Å². The number of ether oxygens (including phenoxy) is 1. The maximum absolute atomic E-state index is 13.6. The van der Waals surface area contributed by atoms with Gasteiger partial charge in [-0.2, -0.15) is 0 Å². The molecule has 2 N–H and O–H groups in total. The number of halogens is 2. The number of aliphatic hydroxyl groups excluding tert-OH is 1. The summed E-state index contributed by atoms with van der Waals surface area (Å²) in [5.41, 5.74) is -0.555. The molecule has 6 heteroatoms. The van der Waals surface area contributed by atoms with Crippen LogP contribution in [0.1, 0.15) is 23.2 Å². The second-order valence-corrected chi connectivity index (χ2v) is 5.46. The quantitative estimate of drug-likeness (QED) is 0.894. The second kappa shape index (κ2) is 6.52. The van der Waals surface area contributed by atoms with E-state index >= 15 is 0 Å². The number of hydrogen-bond donors (Lipinski definition) is 2. The van der Waals surface area contributed by atoms with Crippen molar-refractivity contribution in [3.63, 3.8) is 0 Å². The lowest BCUT2D eigenvalue weighted by Gasteiger charge is -2.35. The fourth-order valence-corrected chi connectivity index (χ4v) is 2.51. The van der Waals surface area contributed by atoms with E-state index in [4.69, 9.17) is 16.3 Å². The molecule has 0 aliphatic carbocycles. The van der Waals surface area contributed by atoms with Gasteiger partial charge < -0.3 is 15.2 Å². The monoisotopic (exact) mass is 301 g/mol. The van der Waals surface area contributed by atoms with Crippen LogP contribution in [0.25, 0.3) is 0 Å². The summed E-state index contributed by atoms with van der Waals surface area (Å²) in [5, 5.41) is 12.3. The normalized spacial score (nSPS) is 17.8. The highest BCUT2D eigenvalue weighted by Crippen LogP contribution is 2.29. The van der Waals surface area contributed by atoms with Crippen LogP contribution in [0.15, 0.2) is 18.2 Å². The van der Waals surface area contributed by atoms with Crippen LogP contribution in [0.5, 0.6) is 0 Å². The van der Waals surface area contributed by atoms with Gasteiger partial charge in [-0.15, -0.1) is 0 Å². The third-order valence-electron chi connectivity index (χ3n) is 3.70. The molecular formula is C14H17ClFNO3. The SMILES string of the molecule is O=C(NCC1(CO)CCOCC1)c1c(F)cccc1Cl. The average Bonchev–Trinajstić information content (AvgIpc) is 2.46. The largest absolute Gasteiger partial charge is 0.396 e. The summed E-state index contributed by atoms with van der Waals surface area (Å²) in [5.74, 6) is -1.22. The first-order chi connectivity index (χ1) is 9.58. The van der Waals surface area contributed by atoms with Crippen LogP contribution in [0.4, 0.5) is 4.39 Å². The van der Waals surface area contributed by atoms with Gasteiger partial charge in [-0.3, -0.25) is 4.79 Å². The Bertz CT molecular complexity index is 469. The van der Waals surface area contributed by atoms with Gasteiger partial charge in [0.2, 0.25) is 0 Å². The molecule has 0 bridgehead atoms. The van der Waals surface area contributed by atoms with E-state index in [0.29, 0.717) is 26.1 Å². The number of carbonyl (C=O) groups excluding carboxylic acids is 1. The lowest BCUT2D eigenvalue weighted by Crippen LogP contribution is -2.43. The van der Waals surface area contributed by atoms with Gasteiger partial charge in [0.25, 0.3) is 5.91 Å². The van der Waals surface area contributed by atoms with E-state index in [0.717, 1.165) is 0 Å². The number of aliphatic hydroxyl groups is 1. The van der Waals surface area contributed by atoms with Crippen LogP contribution in [0, 0.1) is 11.2 Å². The molecule has 0 aromatic heterocycles. The molecular weight excluding hydrogens is 285 g/mol. The Morgan fingerprint density at radius 2 is 2.15 bits per heavy atom. The predicted octanol–water partition coefficient (Wildman–Crippen LogP) is 2.00. The zero-order valence-electron chi connectivity index (χ0n) is 11.0. The molecule has 0 saturated carbocycles. The second-order valence-electron chi connectivity index (χ2n) is 5.05. The molecule has 1 aliphatic rings. The number of hydrogen-bond acceptors (Lipinski definition) is 3. The van der Waals surface area contributed by atoms with E-state index in [9.17, 15) is 14.3 Å². The standard InChI is InChI=1S/C14H17ClFNO3/c15-10-2-1-3-11(16)12(10)13(19)17-8-14(9-18)4-6-20-7-5-14/h1-3,18H,4-9H2,(H,17,19). The van der Waals surface area contributed by atoms with Crippen molar-refractivity contribution in [2.45, 2.75) is 12.8 Å². The molecule has 0 unspecified atom stereocenters. The summed E-state index contributed by atoms with van der Waals surface area (Å²) in [6.45, 7) is 1.34. The van der Waals surface area contributed by atoms with Crippen LogP contribution in [0.2, 0.25) is 5.02 Å². The van der Waals surface area contributed by atoms with E-state index in [1.807, 2.05) is 0 Å². The summed E-state index contributed by atoms with van der Waals surface area (Å²) >= 11 is 5.84. The van der Waals surface area contributed by atoms with Crippen molar-refractivity contribution in [1.29, 1.82) is 0 Å². The lowest BCUT2D eigenvalue weighted by molar-refractivity contribution is -0.0146. The molecule has 1 heterocycles. The molecule has 1 aromatic rings. The van der Waals surface area contributed by atoms with Gasteiger partial charge in [-0.05, 0) is 25.0 Å². The fraction of sp³-hybridized carbons (Fsp3) is 0.500. The van der Waals surface area contributed by atoms with E-state index in [1.165, 1.54) is 18.2 Å². The van der Waals surface area contributed by atoms with Gasteiger partial charge in [0, 0.05) is 25.2 Å². The van der Waals surface area contributed by atoms with Gasteiger partial charge in [-0.1, -0.05) is 17.7 Å². The minimum atomic E-state index is -0.653. The third-order valence-corrected chi connectivity index (χ3v) is 4.02. The third kappa shape index (κ3) is 3.29. The zero-order chi connectivity index (χ0) is 14.6. The highest BCUT2D eigenvalue weighted by molar-refractivity contribution is 6.33. The Morgan fingerprint density at radius 3 is 2.75 bits per heavy atom. The molecule has 2 rings (SSSR count). The smallest absolute Gasteiger partial charge is 0.255 e. The Hall–Kier alpha value is -1.17. The van der Waals surface area contributed by atoms with E-state index in [-0.39, 0.29) is 23.7 Å². The summed E-state index contributed by atoms with van der Waals surface area (Å²) in [6.07, 6.45) is 1.32. The molecule has 4 nitrogen and oxygen atoms in total. The molecule has 110 valence electrons. The first-order valence-corrected chi connectivity index (χ1v) is 6.87. The molecule has 1 aromatic carbocycles. The summed E-state index contributed by atoms with van der Waals surface area (Å²) < 4.78 is 18.9. The minimum absolute atomic E-state index is 0.0400. The van der Waals surface area contributed by atoms with Gasteiger partial charge in [0.15, 0.2) is 0 Å². The van der Waals surface area contributed by atoms with Crippen molar-refractivity contribution in [2.24, 2.45) is 5.41 Å². The van der Waals surface area contributed by atoms with Crippen molar-refractivity contribution >= 4 is 17.5 Å². The molecule has 1 aliphatic heterocycles. The molecule has 1 fully saturated rings. The number of carbonyl (C=O) groups is 1. The number of nitrogens with one attached hydrogen (secondary N) is 1. The van der Waals surface area contributed by atoms with Crippen molar-refractivity contribution in [3.05, 3.63) is 34.6 Å². The number of benzene rings is 1. The maximum Gasteiger partial charge on any atom is 0.255 e. The van der Waals surface area contributed by atoms with Gasteiger partial charge in [0.05, 0.1) is 17.2 Å². The average molecular weight is 302 g/mol. The zero-order valence-corrected chi connectivity index (χ0v) is 11.8. The van der Waals surface area contributed by atoms with Gasteiger partial charge in [-0.25, -0.2) is 4.39 Å². The Labute approximate surface area is 121 Å². The highest BCUT2D eigenvalue weighted by atomic mass is 35.5. The molecule has 0 atom stereocenters. The van der Waals surface area contributed by atoms with Crippen molar-refractivity contribution in [3.8, 4) is 0 Å². The van der Waals surface area contributed by atoms with Crippen LogP contribution in [-0.2, 0) is 4.74 Å². The first kappa shape index (κ1) is 15.2. The minimum Gasteiger partial charge on any atom is -0.396 e. The molecule has 0 radical (unpaired) electrons. The van der Waals surface area contributed by atoms with Crippen molar-refractivity contribution in [1.82, 2.24) is 5.32 Å². The fourth-order valence-electron chi connectivity index (χ4n) is 2.27. The predicted molar refractivity (Wildman–Crippen MR) is 73.3 cm³/mol. The lowest BCUT2D eigenvalue weighted by atomic mass is 9.81. The number of amides is 1.